The minimum Gasteiger partial charge on any atom is -0.493 e. The molecule has 0 unspecified atom stereocenters. The number of imidazole rings is 1. The molecular formula is C21H20N5O3. The molecule has 8 heteroatoms. The second-order valence-corrected chi connectivity index (χ2v) is 6.21. The number of aryl methyl sites for hydroxylation is 1. The summed E-state index contributed by atoms with van der Waals surface area (Å²) in [5.74, 6) is 2.70. The second kappa shape index (κ2) is 7.67. The molecule has 4 rings (SSSR count). The lowest BCUT2D eigenvalue weighted by atomic mass is 10.2. The van der Waals surface area contributed by atoms with Gasteiger partial charge in [0.25, 0.3) is 0 Å². The van der Waals surface area contributed by atoms with Crippen molar-refractivity contribution in [2.75, 3.05) is 26.6 Å². The fraction of sp³-hybridized carbons (Fsp3) is 0.190. The Morgan fingerprint density at radius 3 is 2.41 bits per heavy atom. The molecule has 1 N–H and O–H groups in total. The first kappa shape index (κ1) is 18.5. The third-order valence-corrected chi connectivity index (χ3v) is 4.45. The molecule has 0 saturated heterocycles. The van der Waals surface area contributed by atoms with Gasteiger partial charge in [-0.05, 0) is 13.0 Å². The monoisotopic (exact) mass is 390 g/mol. The van der Waals surface area contributed by atoms with Gasteiger partial charge in [-0.15, -0.1) is 5.10 Å². The highest BCUT2D eigenvalue weighted by atomic mass is 16.5. The van der Waals surface area contributed by atoms with E-state index in [4.69, 9.17) is 14.2 Å². The number of hydrogen-bond acceptors (Lipinski definition) is 7. The van der Waals surface area contributed by atoms with Crippen LogP contribution < -0.4 is 19.5 Å². The van der Waals surface area contributed by atoms with Gasteiger partial charge >= 0.3 is 0 Å². The standard InChI is InChI=1S/C21H20N5O3/c1-13-16-12-22-21(25-26(16)20(23-13)14-8-6-5-7-9-14)24-15-10-17(27-2)19(29-4)18(11-15)28-3/h5-8,10-12H,1-4H3,(H,24,25). The number of hydrogen-bond donors (Lipinski definition) is 1. The zero-order valence-electron chi connectivity index (χ0n) is 16.6. The minimum atomic E-state index is 0.404. The van der Waals surface area contributed by atoms with Crippen LogP contribution in [0, 0.1) is 13.0 Å². The van der Waals surface area contributed by atoms with E-state index in [-0.39, 0.29) is 0 Å². The molecule has 2 heterocycles. The Kier molecular flexibility index (Phi) is 4.90. The fourth-order valence-corrected chi connectivity index (χ4v) is 3.07. The average molecular weight is 390 g/mol. The van der Waals surface area contributed by atoms with Gasteiger partial charge in [-0.2, -0.15) is 0 Å². The highest BCUT2D eigenvalue weighted by Crippen LogP contribution is 2.40. The topological polar surface area (TPSA) is 82.8 Å². The average Bonchev–Trinajstić information content (AvgIpc) is 3.09. The number of fused-ring (bicyclic) bond motifs is 1. The third-order valence-electron chi connectivity index (χ3n) is 4.45. The predicted octanol–water partition coefficient (Wildman–Crippen LogP) is 3.67. The van der Waals surface area contributed by atoms with E-state index in [9.17, 15) is 0 Å². The molecule has 0 aliphatic carbocycles. The first-order valence-corrected chi connectivity index (χ1v) is 8.91. The highest BCUT2D eigenvalue weighted by molar-refractivity contribution is 5.67. The van der Waals surface area contributed by atoms with Crippen LogP contribution in [0.3, 0.4) is 0 Å². The normalized spacial score (nSPS) is 10.8. The van der Waals surface area contributed by atoms with Crippen LogP contribution in [0.15, 0.2) is 42.6 Å². The minimum absolute atomic E-state index is 0.404. The van der Waals surface area contributed by atoms with Crippen molar-refractivity contribution >= 4 is 17.2 Å². The van der Waals surface area contributed by atoms with E-state index in [0.717, 1.165) is 16.8 Å². The van der Waals surface area contributed by atoms with Crippen LogP contribution in [0.5, 0.6) is 17.2 Å². The van der Waals surface area contributed by atoms with Gasteiger partial charge in [0.1, 0.15) is 5.52 Å². The van der Waals surface area contributed by atoms with Gasteiger partial charge in [-0.25, -0.2) is 14.5 Å². The molecule has 0 atom stereocenters. The first-order valence-electron chi connectivity index (χ1n) is 8.91. The number of ether oxygens (including phenoxy) is 3. The maximum absolute atomic E-state index is 5.40. The Bertz CT molecular complexity index is 1130. The maximum Gasteiger partial charge on any atom is 0.245 e. The molecule has 0 amide bonds. The first-order chi connectivity index (χ1) is 14.1. The van der Waals surface area contributed by atoms with Gasteiger partial charge in [0.2, 0.25) is 11.7 Å². The van der Waals surface area contributed by atoms with Crippen LogP contribution in [0.4, 0.5) is 11.6 Å². The van der Waals surface area contributed by atoms with E-state index >= 15 is 0 Å². The molecule has 8 nitrogen and oxygen atoms in total. The van der Waals surface area contributed by atoms with E-state index < -0.39 is 0 Å². The Morgan fingerprint density at radius 2 is 1.79 bits per heavy atom. The number of nitrogens with zero attached hydrogens (tertiary/aromatic N) is 4. The lowest BCUT2D eigenvalue weighted by molar-refractivity contribution is 0.324. The van der Waals surface area contributed by atoms with Gasteiger partial charge in [-0.3, -0.25) is 0 Å². The number of methoxy groups -OCH3 is 3. The van der Waals surface area contributed by atoms with Crippen molar-refractivity contribution in [3.63, 3.8) is 0 Å². The van der Waals surface area contributed by atoms with E-state index in [1.807, 2.05) is 31.2 Å². The summed E-state index contributed by atoms with van der Waals surface area (Å²) in [6.45, 7) is 1.93. The van der Waals surface area contributed by atoms with Crippen molar-refractivity contribution in [3.05, 3.63) is 54.4 Å². The summed E-state index contributed by atoms with van der Waals surface area (Å²) in [5.41, 5.74) is 3.22. The van der Waals surface area contributed by atoms with E-state index in [1.54, 1.807) is 44.2 Å². The number of nitrogens with one attached hydrogen (secondary N) is 1. The lowest BCUT2D eigenvalue weighted by Gasteiger charge is -2.14. The zero-order valence-corrected chi connectivity index (χ0v) is 16.6. The van der Waals surface area contributed by atoms with Crippen LogP contribution >= 0.6 is 0 Å². The molecule has 0 aliphatic heterocycles. The summed E-state index contributed by atoms with van der Waals surface area (Å²) in [5, 5.41) is 7.81. The predicted molar refractivity (Wildman–Crippen MR) is 109 cm³/mol. The molecule has 1 radical (unpaired) electrons. The lowest BCUT2D eigenvalue weighted by Crippen LogP contribution is -2.04. The van der Waals surface area contributed by atoms with Gasteiger partial charge in [0, 0.05) is 23.4 Å². The summed E-state index contributed by atoms with van der Waals surface area (Å²) in [4.78, 5) is 9.05. The summed E-state index contributed by atoms with van der Waals surface area (Å²) >= 11 is 0. The Balaban J connectivity index is 1.76. The largest absolute Gasteiger partial charge is 0.493 e. The molecule has 29 heavy (non-hydrogen) atoms. The molecular weight excluding hydrogens is 370 g/mol. The quantitative estimate of drug-likeness (QED) is 0.538. The highest BCUT2D eigenvalue weighted by Gasteiger charge is 2.16. The number of rotatable bonds is 6. The molecule has 2 aromatic carbocycles. The summed E-state index contributed by atoms with van der Waals surface area (Å²) < 4.78 is 17.9. The molecule has 147 valence electrons. The van der Waals surface area contributed by atoms with Gasteiger partial charge in [0.05, 0.1) is 33.2 Å². The van der Waals surface area contributed by atoms with E-state index in [2.05, 4.69) is 26.4 Å². The molecule has 0 spiro atoms. The van der Waals surface area contributed by atoms with E-state index in [0.29, 0.717) is 34.7 Å². The smallest absolute Gasteiger partial charge is 0.245 e. The Morgan fingerprint density at radius 1 is 1.03 bits per heavy atom. The number of aromatic nitrogens is 4. The van der Waals surface area contributed by atoms with Crippen LogP contribution in [0.25, 0.3) is 16.9 Å². The third kappa shape index (κ3) is 3.40. The van der Waals surface area contributed by atoms with Gasteiger partial charge in [0.15, 0.2) is 17.3 Å². The summed E-state index contributed by atoms with van der Waals surface area (Å²) in [6, 6.07) is 14.4. The maximum atomic E-state index is 5.40. The Labute approximate surface area is 168 Å². The second-order valence-electron chi connectivity index (χ2n) is 6.21. The number of anilines is 2. The van der Waals surface area contributed by atoms with Crippen molar-refractivity contribution in [3.8, 4) is 28.6 Å². The summed E-state index contributed by atoms with van der Waals surface area (Å²) in [6.07, 6.45) is 1.74. The van der Waals surface area contributed by atoms with Gasteiger partial charge in [-0.1, -0.05) is 24.3 Å². The summed E-state index contributed by atoms with van der Waals surface area (Å²) in [7, 11) is 4.70. The molecule has 4 aromatic rings. The van der Waals surface area contributed by atoms with Gasteiger partial charge < -0.3 is 19.5 Å². The SMILES string of the molecule is COc1cc(Nc2ncc3c(C)nc(-c4[c]cccc4)n3n2)cc(OC)c1OC. The van der Waals surface area contributed by atoms with Crippen molar-refractivity contribution in [2.24, 2.45) is 0 Å². The van der Waals surface area contributed by atoms with Crippen molar-refractivity contribution in [1.29, 1.82) is 0 Å². The van der Waals surface area contributed by atoms with Crippen LogP contribution in [-0.2, 0) is 0 Å². The molecule has 0 saturated carbocycles. The molecule has 2 aromatic heterocycles. The van der Waals surface area contributed by atoms with Crippen LogP contribution in [0.1, 0.15) is 5.69 Å². The van der Waals surface area contributed by atoms with Crippen molar-refractivity contribution in [2.45, 2.75) is 6.92 Å². The van der Waals surface area contributed by atoms with Crippen molar-refractivity contribution < 1.29 is 14.2 Å². The fourth-order valence-electron chi connectivity index (χ4n) is 3.07. The molecule has 0 bridgehead atoms. The van der Waals surface area contributed by atoms with Crippen molar-refractivity contribution in [1.82, 2.24) is 19.6 Å². The number of benzene rings is 2. The molecule has 0 aliphatic rings. The van der Waals surface area contributed by atoms with Crippen LogP contribution in [0.2, 0.25) is 0 Å². The Hall–Kier alpha value is -3.81. The molecule has 0 fully saturated rings. The van der Waals surface area contributed by atoms with Crippen LogP contribution in [-0.4, -0.2) is 40.9 Å². The van der Waals surface area contributed by atoms with E-state index in [1.165, 1.54) is 0 Å². The zero-order chi connectivity index (χ0) is 20.4.